The quantitative estimate of drug-likeness (QED) is 0.0361. The Morgan fingerprint density at radius 2 is 1.42 bits per heavy atom. The molecule has 0 saturated carbocycles. The van der Waals surface area contributed by atoms with Crippen molar-refractivity contribution >= 4 is 91.7 Å². The fourth-order valence-corrected chi connectivity index (χ4v) is 6.77. The standard InChI is InChI=1S/C20H18ClN5OS.C11H8N4S.C6H6ClN.C3H5ClO/c21-17-9-3-4-10-18(17)22-12-15(27)13-28-20-23-24-25-26(20)19-11-5-7-14-6-1-2-8-16(14)19;16-11-12-13-14-15(11)10-7-3-5-8-4-1-2-6-9(8)10;7-5-3-1-2-4-6(5)8;4-1-3-2-5-3/h1-11,15,22,27H,12-13H2;1-7H,(H,12,14,16);1-4H,8H2;3H,1-2H2. The molecule has 0 bridgehead atoms. The van der Waals surface area contributed by atoms with Gasteiger partial charge in [0.2, 0.25) is 9.93 Å². The van der Waals surface area contributed by atoms with Crippen LogP contribution in [0.1, 0.15) is 0 Å². The molecule has 1 fully saturated rings. The van der Waals surface area contributed by atoms with Crippen LogP contribution in [-0.4, -0.2) is 82.5 Å². The highest BCUT2D eigenvalue weighted by molar-refractivity contribution is 7.99. The van der Waals surface area contributed by atoms with Gasteiger partial charge in [0, 0.05) is 23.1 Å². The molecule has 3 heterocycles. The van der Waals surface area contributed by atoms with Crippen molar-refractivity contribution in [2.75, 3.05) is 35.8 Å². The molecule has 57 heavy (non-hydrogen) atoms. The number of aliphatic hydroxyl groups is 1. The largest absolute Gasteiger partial charge is 0.398 e. The summed E-state index contributed by atoms with van der Waals surface area (Å²) >= 11 is 23.5. The fourth-order valence-electron chi connectivity index (χ4n) is 5.26. The number of nitrogen functional groups attached to an aromatic ring is 1. The maximum atomic E-state index is 10.3. The summed E-state index contributed by atoms with van der Waals surface area (Å²) in [5.41, 5.74) is 8.70. The van der Waals surface area contributed by atoms with Gasteiger partial charge in [0.25, 0.3) is 0 Å². The summed E-state index contributed by atoms with van der Waals surface area (Å²) in [5.74, 6) is 1.11. The summed E-state index contributed by atoms with van der Waals surface area (Å²) < 4.78 is 8.55. The van der Waals surface area contributed by atoms with Crippen LogP contribution in [0.25, 0.3) is 32.9 Å². The first-order chi connectivity index (χ1) is 27.8. The lowest BCUT2D eigenvalue weighted by Crippen LogP contribution is -2.22. The van der Waals surface area contributed by atoms with Crippen LogP contribution in [0.3, 0.4) is 0 Å². The highest BCUT2D eigenvalue weighted by Gasteiger charge is 2.19. The minimum absolute atomic E-state index is 0.382. The molecule has 9 rings (SSSR count). The molecular formula is C40H37Cl3N10O2S2. The van der Waals surface area contributed by atoms with Crippen LogP contribution in [-0.2, 0) is 4.74 Å². The lowest BCUT2D eigenvalue weighted by Gasteiger charge is -2.13. The van der Waals surface area contributed by atoms with Gasteiger partial charge in [-0.2, -0.15) is 9.90 Å². The van der Waals surface area contributed by atoms with Crippen molar-refractivity contribution in [3.05, 3.63) is 148 Å². The van der Waals surface area contributed by atoms with Crippen LogP contribution in [0.2, 0.25) is 10.0 Å². The van der Waals surface area contributed by atoms with Gasteiger partial charge in [0.05, 0.1) is 57.5 Å². The first kappa shape index (κ1) is 41.6. The molecule has 2 aromatic heterocycles. The van der Waals surface area contributed by atoms with E-state index in [0.717, 1.165) is 45.2 Å². The number of epoxide rings is 1. The molecule has 0 spiro atoms. The van der Waals surface area contributed by atoms with E-state index in [-0.39, 0.29) is 0 Å². The number of para-hydroxylation sites is 2. The van der Waals surface area contributed by atoms with Crippen molar-refractivity contribution in [3.63, 3.8) is 0 Å². The molecule has 8 aromatic rings. The maximum absolute atomic E-state index is 10.3. The Labute approximate surface area is 352 Å². The van der Waals surface area contributed by atoms with Crippen LogP contribution in [0, 0.1) is 4.77 Å². The van der Waals surface area contributed by atoms with Gasteiger partial charge >= 0.3 is 0 Å². The molecular weight excluding hydrogens is 823 g/mol. The monoisotopic (exact) mass is 858 g/mol. The summed E-state index contributed by atoms with van der Waals surface area (Å²) in [6, 6.07) is 42.9. The van der Waals surface area contributed by atoms with Crippen molar-refractivity contribution in [1.29, 1.82) is 0 Å². The highest BCUT2D eigenvalue weighted by atomic mass is 35.5. The van der Waals surface area contributed by atoms with Gasteiger partial charge in [-0.3, -0.25) is 0 Å². The SMILES string of the molecule is ClCC1CO1.Nc1ccccc1Cl.OC(CNc1ccccc1Cl)CSc1nnnn1-c1cccc2ccccc12.S=c1nn[nH]n1-c1cccc2ccccc12. The Morgan fingerprint density at radius 1 is 0.825 bits per heavy atom. The third-order valence-electron chi connectivity index (χ3n) is 8.20. The number of hydrogen-bond donors (Lipinski definition) is 4. The first-order valence-corrected chi connectivity index (χ1v) is 20.2. The van der Waals surface area contributed by atoms with Gasteiger partial charge in [-0.15, -0.1) is 16.7 Å². The minimum Gasteiger partial charge on any atom is -0.398 e. The second-order valence-electron chi connectivity index (χ2n) is 12.2. The lowest BCUT2D eigenvalue weighted by atomic mass is 10.1. The van der Waals surface area contributed by atoms with E-state index in [1.807, 2.05) is 97.1 Å². The Hall–Kier alpha value is -5.06. The van der Waals surface area contributed by atoms with Crippen LogP contribution in [0.4, 0.5) is 11.4 Å². The van der Waals surface area contributed by atoms with Crippen LogP contribution in [0.5, 0.6) is 0 Å². The van der Waals surface area contributed by atoms with Crippen LogP contribution in [0.15, 0.2) is 139 Å². The first-order valence-electron chi connectivity index (χ1n) is 17.5. The highest BCUT2D eigenvalue weighted by Crippen LogP contribution is 2.26. The number of nitrogens with two attached hydrogens (primary N) is 1. The maximum Gasteiger partial charge on any atom is 0.242 e. The molecule has 1 saturated heterocycles. The Balaban J connectivity index is 0.000000157. The molecule has 0 amide bonds. The predicted octanol–water partition coefficient (Wildman–Crippen LogP) is 9.06. The van der Waals surface area contributed by atoms with E-state index in [0.29, 0.717) is 49.9 Å². The lowest BCUT2D eigenvalue weighted by molar-refractivity contribution is 0.213. The number of anilines is 2. The number of nitrogens with one attached hydrogen (secondary N) is 2. The summed E-state index contributed by atoms with van der Waals surface area (Å²) in [5, 5.41) is 42.1. The molecule has 6 aromatic carbocycles. The van der Waals surface area contributed by atoms with Crippen molar-refractivity contribution < 1.29 is 9.84 Å². The number of nitrogens with zero attached hydrogens (tertiary/aromatic N) is 7. The van der Waals surface area contributed by atoms with Gasteiger partial charge < -0.3 is 20.9 Å². The molecule has 292 valence electrons. The number of alkyl halides is 1. The number of ether oxygens (including phenoxy) is 1. The van der Waals surface area contributed by atoms with Gasteiger partial charge in [-0.25, -0.2) is 4.68 Å². The predicted molar refractivity (Wildman–Crippen MR) is 234 cm³/mol. The molecule has 5 N–H and O–H groups in total. The Bertz CT molecular complexity index is 2530. The second-order valence-corrected chi connectivity index (χ2v) is 14.7. The van der Waals surface area contributed by atoms with E-state index < -0.39 is 6.10 Å². The number of fused-ring (bicyclic) bond motifs is 2. The number of thioether (sulfide) groups is 1. The van der Waals surface area contributed by atoms with E-state index in [2.05, 4.69) is 60.6 Å². The number of hydrogen-bond acceptors (Lipinski definition) is 11. The van der Waals surface area contributed by atoms with Crippen LogP contribution >= 0.6 is 58.8 Å². The summed E-state index contributed by atoms with van der Waals surface area (Å²) in [6.45, 7) is 1.26. The number of H-pyrrole nitrogens is 1. The van der Waals surface area contributed by atoms with Crippen LogP contribution < -0.4 is 11.1 Å². The average molecular weight is 860 g/mol. The average Bonchev–Trinajstić information content (AvgIpc) is 3.82. The molecule has 12 nitrogen and oxygen atoms in total. The molecule has 0 aliphatic carbocycles. The number of halogens is 3. The molecule has 0 radical (unpaired) electrons. The summed E-state index contributed by atoms with van der Waals surface area (Å²) in [7, 11) is 0. The van der Waals surface area contributed by atoms with Crippen molar-refractivity contribution in [2.24, 2.45) is 0 Å². The zero-order valence-corrected chi connectivity index (χ0v) is 34.1. The second kappa shape index (κ2) is 20.9. The van der Waals surface area contributed by atoms with E-state index in [9.17, 15) is 5.11 Å². The van der Waals surface area contributed by atoms with Gasteiger partial charge in [-0.05, 0) is 69.8 Å². The number of aromatic nitrogens is 8. The van der Waals surface area contributed by atoms with Gasteiger partial charge in [-0.1, -0.05) is 142 Å². The third kappa shape index (κ3) is 11.7. The molecule has 1 aliphatic heterocycles. The van der Waals surface area contributed by atoms with E-state index in [4.69, 9.17) is 57.5 Å². The molecule has 1 aliphatic rings. The number of benzene rings is 6. The van der Waals surface area contributed by atoms with Crippen molar-refractivity contribution in [3.8, 4) is 11.4 Å². The van der Waals surface area contributed by atoms with E-state index in [1.165, 1.54) is 11.8 Å². The molecule has 2 atom stereocenters. The molecule has 2 unspecified atom stereocenters. The normalized spacial score (nSPS) is 13.3. The number of rotatable bonds is 9. The van der Waals surface area contributed by atoms with Crippen molar-refractivity contribution in [2.45, 2.75) is 17.4 Å². The van der Waals surface area contributed by atoms with Crippen molar-refractivity contribution in [1.82, 2.24) is 40.4 Å². The minimum atomic E-state index is -0.584. The fraction of sp³-hybridized carbons (Fsp3) is 0.150. The number of aliphatic hydroxyl groups excluding tert-OH is 1. The third-order valence-corrected chi connectivity index (χ3v) is 10.5. The zero-order chi connectivity index (χ0) is 40.0. The Morgan fingerprint density at radius 3 is 2.00 bits per heavy atom. The smallest absolute Gasteiger partial charge is 0.242 e. The number of tetrazole rings is 2. The zero-order valence-electron chi connectivity index (χ0n) is 30.2. The topological polar surface area (TPSA) is 161 Å². The summed E-state index contributed by atoms with van der Waals surface area (Å²) in [4.78, 5) is 0. The van der Waals surface area contributed by atoms with Gasteiger partial charge in [0.15, 0.2) is 0 Å². The Kier molecular flexibility index (Phi) is 15.3. The summed E-state index contributed by atoms with van der Waals surface area (Å²) in [6.07, 6.45) is -0.185. The number of aromatic amines is 1. The van der Waals surface area contributed by atoms with E-state index >= 15 is 0 Å². The van der Waals surface area contributed by atoms with Gasteiger partial charge in [0.1, 0.15) is 0 Å². The molecule has 17 heteroatoms. The van der Waals surface area contributed by atoms with E-state index in [1.54, 1.807) is 21.5 Å².